The number of carbonyl (C=O) groups excluding carboxylic acids is 1. The summed E-state index contributed by atoms with van der Waals surface area (Å²) in [6.45, 7) is 3.70. The summed E-state index contributed by atoms with van der Waals surface area (Å²) in [5.74, 6) is -0.0365. The molecule has 2 aliphatic rings. The lowest BCUT2D eigenvalue weighted by molar-refractivity contribution is -0.139. The van der Waals surface area contributed by atoms with Crippen LogP contribution in [0.4, 0.5) is 0 Å². The van der Waals surface area contributed by atoms with Crippen LogP contribution in [0.3, 0.4) is 0 Å². The first-order valence-corrected chi connectivity index (χ1v) is 5.49. The number of hydrogen-bond donors (Lipinski definition) is 0. The van der Waals surface area contributed by atoms with Crippen LogP contribution in [0.25, 0.3) is 0 Å². The molecule has 0 spiro atoms. The van der Waals surface area contributed by atoms with Gasteiger partial charge in [-0.1, -0.05) is 15.9 Å². The molecule has 0 saturated carbocycles. The van der Waals surface area contributed by atoms with Crippen molar-refractivity contribution in [2.75, 3.05) is 0 Å². The molecule has 0 amide bonds. The third-order valence-corrected chi connectivity index (χ3v) is 4.89. The van der Waals surface area contributed by atoms with Crippen molar-refractivity contribution in [3.05, 3.63) is 21.1 Å². The highest BCUT2D eigenvalue weighted by molar-refractivity contribution is 9.14. The zero-order valence-corrected chi connectivity index (χ0v) is 10.4. The quantitative estimate of drug-likeness (QED) is 0.643. The summed E-state index contributed by atoms with van der Waals surface area (Å²) >= 11 is 6.64. The van der Waals surface area contributed by atoms with E-state index in [2.05, 4.69) is 31.9 Å². The summed E-state index contributed by atoms with van der Waals surface area (Å²) in [5.41, 5.74) is -1.27. The van der Waals surface area contributed by atoms with Crippen LogP contribution in [-0.4, -0.2) is 17.0 Å². The Hall–Kier alpha value is 0.0700. The highest BCUT2D eigenvalue weighted by Gasteiger charge is 2.51. The minimum atomic E-state index is -0.787. The van der Waals surface area contributed by atoms with Gasteiger partial charge in [-0.3, -0.25) is 4.79 Å². The zero-order valence-electron chi connectivity index (χ0n) is 7.23. The number of ether oxygens (including phenoxy) is 1. The van der Waals surface area contributed by atoms with Crippen LogP contribution in [0.1, 0.15) is 13.8 Å². The summed E-state index contributed by atoms with van der Waals surface area (Å²) in [4.78, 5) is 11.7. The molecule has 0 aromatic carbocycles. The van der Waals surface area contributed by atoms with E-state index in [4.69, 9.17) is 4.74 Å². The maximum atomic E-state index is 11.7. The van der Waals surface area contributed by atoms with Gasteiger partial charge in [0.15, 0.2) is 0 Å². The van der Waals surface area contributed by atoms with Gasteiger partial charge < -0.3 is 4.74 Å². The normalized spacial score (nSPS) is 43.2. The van der Waals surface area contributed by atoms with Gasteiger partial charge in [-0.15, -0.1) is 0 Å². The monoisotopic (exact) mass is 306 g/mol. The average molecular weight is 308 g/mol. The van der Waals surface area contributed by atoms with Gasteiger partial charge in [-0.2, -0.15) is 0 Å². The minimum Gasteiger partial charge on any atom is -0.347 e. The lowest BCUT2D eigenvalue weighted by atomic mass is 9.99. The van der Waals surface area contributed by atoms with Crippen molar-refractivity contribution in [1.29, 1.82) is 0 Å². The second-order valence-corrected chi connectivity index (χ2v) is 5.19. The van der Waals surface area contributed by atoms with Crippen molar-refractivity contribution < 1.29 is 9.53 Å². The Bertz CT molecular complexity index is 359. The highest BCUT2D eigenvalue weighted by atomic mass is 79.9. The molecular weight excluding hydrogens is 300 g/mol. The second-order valence-electron chi connectivity index (χ2n) is 3.61. The smallest absolute Gasteiger partial charge is 0.206 e. The van der Waals surface area contributed by atoms with Crippen LogP contribution in [0.5, 0.6) is 0 Å². The van der Waals surface area contributed by atoms with Gasteiger partial charge in [0.2, 0.25) is 5.78 Å². The summed E-state index contributed by atoms with van der Waals surface area (Å²) in [7, 11) is 0. The molecule has 2 heterocycles. The van der Waals surface area contributed by atoms with Crippen LogP contribution in [0.15, 0.2) is 21.1 Å². The van der Waals surface area contributed by atoms with E-state index in [1.54, 1.807) is 6.92 Å². The number of halogens is 2. The lowest BCUT2D eigenvalue weighted by Gasteiger charge is -2.34. The van der Waals surface area contributed by atoms with Crippen molar-refractivity contribution in [3.8, 4) is 0 Å². The molecule has 2 rings (SSSR count). The molecule has 0 saturated heterocycles. The minimum absolute atomic E-state index is 0.0365. The Morgan fingerprint density at radius 3 is 2.38 bits per heavy atom. The van der Waals surface area contributed by atoms with Crippen LogP contribution in [-0.2, 0) is 9.53 Å². The molecule has 0 N–H and O–H groups in total. The topological polar surface area (TPSA) is 26.3 Å². The standard InChI is InChI=1S/C9H8Br2O2/c1-8-3-4-9(2,13-8)7(12)5(10)6(8)11/h3-4H,1-2H3/t8-,9+/m1/s1. The first-order valence-electron chi connectivity index (χ1n) is 3.90. The molecule has 2 aliphatic heterocycles. The first-order chi connectivity index (χ1) is 5.89. The summed E-state index contributed by atoms with van der Waals surface area (Å²) in [6, 6.07) is 0. The molecule has 70 valence electrons. The zero-order chi connectivity index (χ0) is 9.85. The van der Waals surface area contributed by atoms with Crippen molar-refractivity contribution >= 4 is 37.6 Å². The Morgan fingerprint density at radius 2 is 1.77 bits per heavy atom. The first kappa shape index (κ1) is 9.62. The largest absolute Gasteiger partial charge is 0.347 e. The third kappa shape index (κ3) is 1.12. The van der Waals surface area contributed by atoms with Crippen molar-refractivity contribution in [2.24, 2.45) is 0 Å². The predicted octanol–water partition coefficient (Wildman–Crippen LogP) is 2.67. The number of carbonyl (C=O) groups is 1. The van der Waals surface area contributed by atoms with Crippen molar-refractivity contribution in [2.45, 2.75) is 25.0 Å². The van der Waals surface area contributed by atoms with Gasteiger partial charge in [-0.25, -0.2) is 0 Å². The summed E-state index contributed by atoms with van der Waals surface area (Å²) < 4.78 is 7.01. The molecule has 0 aliphatic carbocycles. The molecule has 0 aromatic heterocycles. The van der Waals surface area contributed by atoms with Crippen LogP contribution >= 0.6 is 31.9 Å². The summed E-state index contributed by atoms with van der Waals surface area (Å²) in [5, 5.41) is 0. The average Bonchev–Trinajstić information content (AvgIpc) is 2.38. The molecule has 0 aromatic rings. The molecule has 0 unspecified atom stereocenters. The number of fused-ring (bicyclic) bond motifs is 2. The van der Waals surface area contributed by atoms with E-state index in [0.29, 0.717) is 4.48 Å². The maximum Gasteiger partial charge on any atom is 0.206 e. The Morgan fingerprint density at radius 1 is 1.23 bits per heavy atom. The molecular formula is C9H8Br2O2. The van der Waals surface area contributed by atoms with E-state index >= 15 is 0 Å². The van der Waals surface area contributed by atoms with Crippen LogP contribution < -0.4 is 0 Å². The second kappa shape index (κ2) is 2.55. The molecule has 0 fully saturated rings. The molecule has 4 heteroatoms. The Balaban J connectivity index is 2.64. The fourth-order valence-electron chi connectivity index (χ4n) is 1.60. The van der Waals surface area contributed by atoms with Gasteiger partial charge in [-0.05, 0) is 41.9 Å². The molecule has 2 nitrogen and oxygen atoms in total. The summed E-state index contributed by atoms with van der Waals surface area (Å²) in [6.07, 6.45) is 3.72. The highest BCUT2D eigenvalue weighted by Crippen LogP contribution is 2.47. The molecule has 0 radical (unpaired) electrons. The fraction of sp³-hybridized carbons (Fsp3) is 0.444. The predicted molar refractivity (Wildman–Crippen MR) is 56.9 cm³/mol. The fourth-order valence-corrected chi connectivity index (χ4v) is 2.78. The van der Waals surface area contributed by atoms with E-state index in [-0.39, 0.29) is 5.78 Å². The van der Waals surface area contributed by atoms with Gasteiger partial charge >= 0.3 is 0 Å². The van der Waals surface area contributed by atoms with Crippen LogP contribution in [0.2, 0.25) is 0 Å². The van der Waals surface area contributed by atoms with Gasteiger partial charge in [0.25, 0.3) is 0 Å². The number of ketones is 1. The maximum absolute atomic E-state index is 11.7. The molecule has 2 bridgehead atoms. The number of Topliss-reactive ketones (excluding diaryl/α,β-unsaturated/α-hetero) is 1. The molecule has 2 atom stereocenters. The van der Waals surface area contributed by atoms with Gasteiger partial charge in [0, 0.05) is 4.48 Å². The van der Waals surface area contributed by atoms with Gasteiger partial charge in [0.1, 0.15) is 11.2 Å². The number of rotatable bonds is 0. The number of hydrogen-bond acceptors (Lipinski definition) is 2. The van der Waals surface area contributed by atoms with E-state index < -0.39 is 11.2 Å². The Kier molecular flexibility index (Phi) is 1.89. The van der Waals surface area contributed by atoms with Gasteiger partial charge in [0.05, 0.1) is 4.48 Å². The SMILES string of the molecule is C[C@]12C=C[C@](C)(O1)C(=O)C(Br)=C2Br. The van der Waals surface area contributed by atoms with Crippen molar-refractivity contribution in [1.82, 2.24) is 0 Å². The van der Waals surface area contributed by atoms with Crippen LogP contribution in [0, 0.1) is 0 Å². The Labute approximate surface area is 93.3 Å². The van der Waals surface area contributed by atoms with E-state index in [9.17, 15) is 4.79 Å². The molecule has 13 heavy (non-hydrogen) atoms. The lowest BCUT2D eigenvalue weighted by Crippen LogP contribution is -2.44. The van der Waals surface area contributed by atoms with E-state index in [1.807, 2.05) is 19.1 Å². The van der Waals surface area contributed by atoms with Crippen molar-refractivity contribution in [3.63, 3.8) is 0 Å². The van der Waals surface area contributed by atoms with E-state index in [1.165, 1.54) is 0 Å². The third-order valence-electron chi connectivity index (χ3n) is 2.42. The van der Waals surface area contributed by atoms with E-state index in [0.717, 1.165) is 4.48 Å².